The molecule has 0 amide bonds. The van der Waals surface area contributed by atoms with E-state index >= 15 is 0 Å². The molecule has 0 heterocycles. The van der Waals surface area contributed by atoms with Gasteiger partial charge in [-0.2, -0.15) is 0 Å². The molecule has 4 heteroatoms. The number of aromatic hydroxyl groups is 1. The Balaban J connectivity index is 1.98. The Morgan fingerprint density at radius 1 is 1.32 bits per heavy atom. The molecule has 2 rings (SSSR count). The van der Waals surface area contributed by atoms with Crippen LogP contribution < -0.4 is 5.32 Å². The number of halogens is 2. The highest BCUT2D eigenvalue weighted by molar-refractivity contribution is 6.37. The van der Waals surface area contributed by atoms with Crippen molar-refractivity contribution >= 4 is 28.9 Å². The first-order chi connectivity index (χ1) is 8.95. The fourth-order valence-corrected chi connectivity index (χ4v) is 3.26. The average molecular weight is 300 g/mol. The molecule has 0 aliphatic heterocycles. The van der Waals surface area contributed by atoms with Crippen molar-refractivity contribution in [2.45, 2.75) is 26.7 Å². The van der Waals surface area contributed by atoms with E-state index in [4.69, 9.17) is 23.2 Å². The fourth-order valence-electron chi connectivity index (χ4n) is 2.77. The molecule has 1 aromatic rings. The number of phenols is 1. The summed E-state index contributed by atoms with van der Waals surface area (Å²) in [5.74, 6) is 1.22. The lowest BCUT2D eigenvalue weighted by Gasteiger charge is -2.26. The van der Waals surface area contributed by atoms with Gasteiger partial charge in [-0.3, -0.25) is 0 Å². The molecule has 1 aliphatic rings. The Morgan fingerprint density at radius 3 is 2.53 bits per heavy atom. The van der Waals surface area contributed by atoms with Crippen LogP contribution in [0.25, 0.3) is 0 Å². The highest BCUT2D eigenvalue weighted by Crippen LogP contribution is 2.35. The van der Waals surface area contributed by atoms with E-state index in [1.165, 1.54) is 12.0 Å². The fraction of sp³-hybridized carbons (Fsp3) is 0.467. The van der Waals surface area contributed by atoms with Gasteiger partial charge in [0.1, 0.15) is 0 Å². The number of nitrogens with one attached hydrogen (secondary N) is 1. The Labute approximate surface area is 124 Å². The maximum atomic E-state index is 9.52. The monoisotopic (exact) mass is 299 g/mol. The quantitative estimate of drug-likeness (QED) is 0.601. The van der Waals surface area contributed by atoms with Crippen molar-refractivity contribution < 1.29 is 5.11 Å². The zero-order chi connectivity index (χ0) is 14.0. The van der Waals surface area contributed by atoms with Gasteiger partial charge in [-0.15, -0.1) is 0 Å². The molecule has 1 aromatic carbocycles. The molecule has 19 heavy (non-hydrogen) atoms. The second-order valence-corrected chi connectivity index (χ2v) is 6.28. The van der Waals surface area contributed by atoms with E-state index in [0.717, 1.165) is 18.7 Å². The van der Waals surface area contributed by atoms with Crippen LogP contribution in [0.4, 0.5) is 5.69 Å². The van der Waals surface area contributed by atoms with Crippen LogP contribution in [0.5, 0.6) is 5.75 Å². The summed E-state index contributed by atoms with van der Waals surface area (Å²) in [6, 6.07) is 3.41. The Bertz CT molecular complexity index is 476. The molecule has 0 radical (unpaired) electrons. The topological polar surface area (TPSA) is 32.3 Å². The summed E-state index contributed by atoms with van der Waals surface area (Å²) in [7, 11) is 0. The molecule has 2 atom stereocenters. The molecule has 0 saturated carbocycles. The molecule has 0 bridgehead atoms. The number of hydrogen-bond acceptors (Lipinski definition) is 2. The molecule has 2 unspecified atom stereocenters. The van der Waals surface area contributed by atoms with E-state index in [0.29, 0.717) is 11.8 Å². The Hall–Kier alpha value is -0.860. The minimum Gasteiger partial charge on any atom is -0.505 e. The number of anilines is 1. The average Bonchev–Trinajstić information content (AvgIpc) is 2.32. The molecule has 2 nitrogen and oxygen atoms in total. The van der Waals surface area contributed by atoms with Crippen LogP contribution in [0, 0.1) is 11.8 Å². The van der Waals surface area contributed by atoms with E-state index in [1.54, 1.807) is 12.1 Å². The van der Waals surface area contributed by atoms with Gasteiger partial charge in [0.2, 0.25) is 0 Å². The molecular formula is C15H19Cl2NO. The van der Waals surface area contributed by atoms with Crippen LogP contribution in [-0.2, 0) is 0 Å². The molecule has 0 saturated heterocycles. The highest BCUT2D eigenvalue weighted by atomic mass is 35.5. The molecule has 0 aromatic heterocycles. The lowest BCUT2D eigenvalue weighted by Crippen LogP contribution is -2.20. The van der Waals surface area contributed by atoms with Crippen molar-refractivity contribution in [2.75, 3.05) is 11.9 Å². The summed E-state index contributed by atoms with van der Waals surface area (Å²) < 4.78 is 0. The second kappa shape index (κ2) is 6.06. The molecule has 104 valence electrons. The van der Waals surface area contributed by atoms with Crippen molar-refractivity contribution in [1.29, 1.82) is 0 Å². The van der Waals surface area contributed by atoms with Crippen LogP contribution >= 0.6 is 23.2 Å². The lowest BCUT2D eigenvalue weighted by atomic mass is 9.84. The van der Waals surface area contributed by atoms with E-state index in [2.05, 4.69) is 25.2 Å². The highest BCUT2D eigenvalue weighted by Gasteiger charge is 2.18. The van der Waals surface area contributed by atoms with E-state index in [1.807, 2.05) is 0 Å². The van der Waals surface area contributed by atoms with E-state index in [9.17, 15) is 5.11 Å². The van der Waals surface area contributed by atoms with E-state index < -0.39 is 0 Å². The zero-order valence-electron chi connectivity index (χ0n) is 11.2. The van der Waals surface area contributed by atoms with Crippen LogP contribution in [0.2, 0.25) is 10.0 Å². The number of hydrogen-bond donors (Lipinski definition) is 2. The first-order valence-corrected chi connectivity index (χ1v) is 7.30. The molecular weight excluding hydrogens is 281 g/mol. The van der Waals surface area contributed by atoms with Gasteiger partial charge in [-0.1, -0.05) is 41.8 Å². The van der Waals surface area contributed by atoms with Crippen LogP contribution in [0.3, 0.4) is 0 Å². The first kappa shape index (κ1) is 14.5. The summed E-state index contributed by atoms with van der Waals surface area (Å²) in [6.07, 6.45) is 4.69. The van der Waals surface area contributed by atoms with Gasteiger partial charge < -0.3 is 10.4 Å². The summed E-state index contributed by atoms with van der Waals surface area (Å²) in [6.45, 7) is 5.34. The third-order valence-electron chi connectivity index (χ3n) is 3.50. The first-order valence-electron chi connectivity index (χ1n) is 6.55. The smallest absolute Gasteiger partial charge is 0.152 e. The SMILES string of the molecule is CC1=CC(C)CC(CNc2cc(Cl)c(O)c(Cl)c2)C1. The second-order valence-electron chi connectivity index (χ2n) is 5.47. The third kappa shape index (κ3) is 3.80. The van der Waals surface area contributed by atoms with Crippen LogP contribution in [-0.4, -0.2) is 11.7 Å². The van der Waals surface area contributed by atoms with Gasteiger partial charge >= 0.3 is 0 Å². The molecule has 0 spiro atoms. The maximum absolute atomic E-state index is 9.52. The molecule has 1 aliphatic carbocycles. The summed E-state index contributed by atoms with van der Waals surface area (Å²) >= 11 is 11.8. The molecule has 2 N–H and O–H groups in total. The standard InChI is InChI=1S/C15H19Cl2NO/c1-9-3-10(2)5-11(4-9)8-18-12-6-13(16)15(19)14(17)7-12/h3,6-7,9,11,18-19H,4-5,8H2,1-2H3. The van der Waals surface area contributed by atoms with Crippen molar-refractivity contribution in [3.8, 4) is 5.75 Å². The zero-order valence-corrected chi connectivity index (χ0v) is 12.7. The van der Waals surface area contributed by atoms with Crippen LogP contribution in [0.15, 0.2) is 23.8 Å². The third-order valence-corrected chi connectivity index (χ3v) is 4.07. The van der Waals surface area contributed by atoms with Gasteiger partial charge in [-0.25, -0.2) is 0 Å². The number of allylic oxidation sites excluding steroid dienone is 2. The van der Waals surface area contributed by atoms with Crippen molar-refractivity contribution in [2.24, 2.45) is 11.8 Å². The predicted octanol–water partition coefficient (Wildman–Crippen LogP) is 5.10. The summed E-state index contributed by atoms with van der Waals surface area (Å²) in [5.41, 5.74) is 2.32. The van der Waals surface area contributed by atoms with Gasteiger partial charge in [0.25, 0.3) is 0 Å². The van der Waals surface area contributed by atoms with Gasteiger partial charge in [0.05, 0.1) is 10.0 Å². The number of rotatable bonds is 3. The maximum Gasteiger partial charge on any atom is 0.152 e. The Morgan fingerprint density at radius 2 is 1.95 bits per heavy atom. The van der Waals surface area contributed by atoms with Crippen molar-refractivity contribution in [1.82, 2.24) is 0 Å². The Kier molecular flexibility index (Phi) is 4.64. The van der Waals surface area contributed by atoms with E-state index in [-0.39, 0.29) is 15.8 Å². The van der Waals surface area contributed by atoms with Gasteiger partial charge in [0.15, 0.2) is 5.75 Å². The van der Waals surface area contributed by atoms with Crippen molar-refractivity contribution in [3.05, 3.63) is 33.8 Å². The normalized spacial score (nSPS) is 23.1. The minimum absolute atomic E-state index is 0.0565. The predicted molar refractivity (Wildman–Crippen MR) is 82.3 cm³/mol. The van der Waals surface area contributed by atoms with Gasteiger partial charge in [-0.05, 0) is 43.7 Å². The summed E-state index contributed by atoms with van der Waals surface area (Å²) in [4.78, 5) is 0. The number of phenolic OH excluding ortho intramolecular Hbond substituents is 1. The van der Waals surface area contributed by atoms with Gasteiger partial charge in [0, 0.05) is 12.2 Å². The lowest BCUT2D eigenvalue weighted by molar-refractivity contribution is 0.421. The minimum atomic E-state index is -0.0565. The summed E-state index contributed by atoms with van der Waals surface area (Å²) in [5, 5.41) is 13.4. The molecule has 0 fully saturated rings. The largest absolute Gasteiger partial charge is 0.505 e. The number of benzene rings is 1. The van der Waals surface area contributed by atoms with Crippen LogP contribution in [0.1, 0.15) is 26.7 Å². The van der Waals surface area contributed by atoms with Crippen molar-refractivity contribution in [3.63, 3.8) is 0 Å².